The number of Topliss-reactive ketones (excluding diaryl/α,β-unsaturated/α-hetero) is 1. The highest BCUT2D eigenvalue weighted by molar-refractivity contribution is 6.00. The molecule has 0 unspecified atom stereocenters. The lowest BCUT2D eigenvalue weighted by atomic mass is 9.90. The number of hydrogen-bond acceptors (Lipinski definition) is 2. The standard InChI is InChI=1S/C19H23NO2/c1-2-13-11-16-12-15(9-10-17(16)20-19(13)22)18(21)14-7-5-3-4-6-8-14/h9-12,14H,2-8H2,1H3,(H,20,22). The molecule has 3 nitrogen and oxygen atoms in total. The zero-order valence-corrected chi connectivity index (χ0v) is 13.2. The summed E-state index contributed by atoms with van der Waals surface area (Å²) >= 11 is 0. The van der Waals surface area contributed by atoms with Crippen molar-refractivity contribution >= 4 is 16.7 Å². The number of H-pyrrole nitrogens is 1. The maximum atomic E-state index is 12.7. The summed E-state index contributed by atoms with van der Waals surface area (Å²) in [5.74, 6) is 0.446. The number of pyridine rings is 1. The van der Waals surface area contributed by atoms with Crippen LogP contribution < -0.4 is 5.56 Å². The second-order valence-electron chi connectivity index (χ2n) is 6.33. The quantitative estimate of drug-likeness (QED) is 0.680. The number of ketones is 1. The summed E-state index contributed by atoms with van der Waals surface area (Å²) in [5.41, 5.74) is 2.33. The Morgan fingerprint density at radius 3 is 2.55 bits per heavy atom. The number of fused-ring (bicyclic) bond motifs is 1. The van der Waals surface area contributed by atoms with Crippen molar-refractivity contribution < 1.29 is 4.79 Å². The van der Waals surface area contributed by atoms with Crippen LogP contribution in [0.3, 0.4) is 0 Å². The molecular formula is C19H23NO2. The van der Waals surface area contributed by atoms with Crippen molar-refractivity contribution in [2.45, 2.75) is 51.9 Å². The van der Waals surface area contributed by atoms with Crippen LogP contribution in [0.1, 0.15) is 61.4 Å². The first-order chi connectivity index (χ1) is 10.7. The zero-order chi connectivity index (χ0) is 15.5. The average molecular weight is 297 g/mol. The van der Waals surface area contributed by atoms with E-state index >= 15 is 0 Å². The number of carbonyl (C=O) groups excluding carboxylic acids is 1. The number of nitrogens with one attached hydrogen (secondary N) is 1. The van der Waals surface area contributed by atoms with Gasteiger partial charge in [0.2, 0.25) is 0 Å². The Kier molecular flexibility index (Phi) is 4.41. The number of aromatic nitrogens is 1. The summed E-state index contributed by atoms with van der Waals surface area (Å²) in [6.45, 7) is 1.97. The van der Waals surface area contributed by atoms with Gasteiger partial charge in [-0.3, -0.25) is 9.59 Å². The van der Waals surface area contributed by atoms with E-state index in [0.29, 0.717) is 6.42 Å². The van der Waals surface area contributed by atoms with E-state index in [-0.39, 0.29) is 17.3 Å². The molecular weight excluding hydrogens is 274 g/mol. The fourth-order valence-electron chi connectivity index (χ4n) is 3.44. The minimum absolute atomic E-state index is 0.0298. The maximum absolute atomic E-state index is 12.7. The van der Waals surface area contributed by atoms with Gasteiger partial charge in [-0.05, 0) is 48.9 Å². The van der Waals surface area contributed by atoms with E-state index in [1.165, 1.54) is 12.8 Å². The second kappa shape index (κ2) is 6.47. The lowest BCUT2D eigenvalue weighted by Gasteiger charge is -2.13. The molecule has 0 amide bonds. The molecule has 2 aromatic rings. The Hall–Kier alpha value is -1.90. The molecule has 0 aliphatic heterocycles. The molecule has 0 bridgehead atoms. The molecule has 1 aromatic heterocycles. The maximum Gasteiger partial charge on any atom is 0.251 e. The number of benzene rings is 1. The normalized spacial score (nSPS) is 16.6. The molecule has 3 rings (SSSR count). The van der Waals surface area contributed by atoms with Crippen LogP contribution in [0.4, 0.5) is 0 Å². The van der Waals surface area contributed by atoms with E-state index in [2.05, 4.69) is 4.98 Å². The predicted octanol–water partition coefficient (Wildman–Crippen LogP) is 4.24. The minimum Gasteiger partial charge on any atom is -0.322 e. The van der Waals surface area contributed by atoms with Crippen LogP contribution in [0.5, 0.6) is 0 Å². The summed E-state index contributed by atoms with van der Waals surface area (Å²) < 4.78 is 0. The Labute approximate surface area is 130 Å². The molecule has 1 fully saturated rings. The summed E-state index contributed by atoms with van der Waals surface area (Å²) in [6, 6.07) is 7.58. The number of hydrogen-bond donors (Lipinski definition) is 1. The molecule has 0 saturated heterocycles. The molecule has 3 heteroatoms. The predicted molar refractivity (Wildman–Crippen MR) is 89.5 cm³/mol. The highest BCUT2D eigenvalue weighted by Gasteiger charge is 2.21. The first-order valence-corrected chi connectivity index (χ1v) is 8.39. The molecule has 1 heterocycles. The fourth-order valence-corrected chi connectivity index (χ4v) is 3.44. The van der Waals surface area contributed by atoms with Crippen LogP contribution >= 0.6 is 0 Å². The number of rotatable bonds is 3. The molecule has 1 saturated carbocycles. The van der Waals surface area contributed by atoms with Crippen molar-refractivity contribution in [2.24, 2.45) is 5.92 Å². The van der Waals surface area contributed by atoms with E-state index in [0.717, 1.165) is 47.7 Å². The van der Waals surface area contributed by atoms with Crippen LogP contribution in [-0.4, -0.2) is 10.8 Å². The largest absolute Gasteiger partial charge is 0.322 e. The SMILES string of the molecule is CCc1cc2cc(C(=O)C3CCCCCC3)ccc2[nH]c1=O. The Balaban J connectivity index is 1.95. The first-order valence-electron chi connectivity index (χ1n) is 8.39. The van der Waals surface area contributed by atoms with Gasteiger partial charge in [0.05, 0.1) is 0 Å². The third kappa shape index (κ3) is 2.99. The van der Waals surface area contributed by atoms with Gasteiger partial charge in [0, 0.05) is 22.6 Å². The van der Waals surface area contributed by atoms with E-state index in [1.807, 2.05) is 31.2 Å². The first kappa shape index (κ1) is 15.0. The van der Waals surface area contributed by atoms with E-state index in [4.69, 9.17) is 0 Å². The second-order valence-corrected chi connectivity index (χ2v) is 6.33. The van der Waals surface area contributed by atoms with Crippen molar-refractivity contribution in [3.05, 3.63) is 45.7 Å². The zero-order valence-electron chi connectivity index (χ0n) is 13.2. The topological polar surface area (TPSA) is 49.9 Å². The lowest BCUT2D eigenvalue weighted by Crippen LogP contribution is -2.15. The van der Waals surface area contributed by atoms with Gasteiger partial charge < -0.3 is 4.98 Å². The molecule has 22 heavy (non-hydrogen) atoms. The fraction of sp³-hybridized carbons (Fsp3) is 0.474. The summed E-state index contributed by atoms with van der Waals surface area (Å²) in [7, 11) is 0. The number of aryl methyl sites for hydroxylation is 1. The van der Waals surface area contributed by atoms with Crippen molar-refractivity contribution in [1.82, 2.24) is 4.98 Å². The van der Waals surface area contributed by atoms with Crippen LogP contribution in [0.15, 0.2) is 29.1 Å². The number of aromatic amines is 1. The van der Waals surface area contributed by atoms with Crippen LogP contribution in [0.2, 0.25) is 0 Å². The van der Waals surface area contributed by atoms with Crippen molar-refractivity contribution in [1.29, 1.82) is 0 Å². The van der Waals surface area contributed by atoms with Crippen molar-refractivity contribution in [2.75, 3.05) is 0 Å². The molecule has 1 N–H and O–H groups in total. The Morgan fingerprint density at radius 1 is 1.14 bits per heavy atom. The monoisotopic (exact) mass is 297 g/mol. The minimum atomic E-state index is -0.0298. The third-order valence-electron chi connectivity index (χ3n) is 4.81. The van der Waals surface area contributed by atoms with Crippen LogP contribution in [0.25, 0.3) is 10.9 Å². The lowest BCUT2D eigenvalue weighted by molar-refractivity contribution is 0.0908. The van der Waals surface area contributed by atoms with Gasteiger partial charge in [-0.2, -0.15) is 0 Å². The van der Waals surface area contributed by atoms with E-state index < -0.39 is 0 Å². The van der Waals surface area contributed by atoms with Gasteiger partial charge >= 0.3 is 0 Å². The smallest absolute Gasteiger partial charge is 0.251 e. The summed E-state index contributed by atoms with van der Waals surface area (Å²) in [6.07, 6.45) is 7.57. The van der Waals surface area contributed by atoms with Gasteiger partial charge in [0.15, 0.2) is 5.78 Å². The van der Waals surface area contributed by atoms with Gasteiger partial charge in [0.1, 0.15) is 0 Å². The highest BCUT2D eigenvalue weighted by atomic mass is 16.1. The molecule has 1 aliphatic rings. The Bertz CT molecular complexity index is 737. The van der Waals surface area contributed by atoms with Crippen molar-refractivity contribution in [3.8, 4) is 0 Å². The van der Waals surface area contributed by atoms with Crippen LogP contribution in [-0.2, 0) is 6.42 Å². The van der Waals surface area contributed by atoms with Crippen LogP contribution in [0, 0.1) is 5.92 Å². The summed E-state index contributed by atoms with van der Waals surface area (Å²) in [4.78, 5) is 27.5. The molecule has 0 radical (unpaired) electrons. The van der Waals surface area contributed by atoms with Gasteiger partial charge in [-0.25, -0.2) is 0 Å². The molecule has 0 atom stereocenters. The van der Waals surface area contributed by atoms with E-state index in [9.17, 15) is 9.59 Å². The third-order valence-corrected chi connectivity index (χ3v) is 4.81. The van der Waals surface area contributed by atoms with Gasteiger partial charge in [-0.15, -0.1) is 0 Å². The number of carbonyl (C=O) groups is 1. The molecule has 116 valence electrons. The van der Waals surface area contributed by atoms with E-state index in [1.54, 1.807) is 0 Å². The molecule has 1 aromatic carbocycles. The Morgan fingerprint density at radius 2 is 1.86 bits per heavy atom. The van der Waals surface area contributed by atoms with Crippen molar-refractivity contribution in [3.63, 3.8) is 0 Å². The van der Waals surface area contributed by atoms with Gasteiger partial charge in [-0.1, -0.05) is 32.6 Å². The average Bonchev–Trinajstić information content (AvgIpc) is 2.82. The molecule has 0 spiro atoms. The highest BCUT2D eigenvalue weighted by Crippen LogP contribution is 2.27. The summed E-state index contributed by atoms with van der Waals surface area (Å²) in [5, 5.41) is 0.955. The molecule has 1 aliphatic carbocycles. The van der Waals surface area contributed by atoms with Gasteiger partial charge in [0.25, 0.3) is 5.56 Å².